The Bertz CT molecular complexity index is 675. The van der Waals surface area contributed by atoms with E-state index in [1.165, 1.54) is 11.3 Å². The molecule has 0 aliphatic heterocycles. The minimum Gasteiger partial charge on any atom is -0.469 e. The summed E-state index contributed by atoms with van der Waals surface area (Å²) in [6, 6.07) is 8.04. The highest BCUT2D eigenvalue weighted by molar-refractivity contribution is 14.0. The van der Waals surface area contributed by atoms with E-state index in [0.29, 0.717) is 6.54 Å². The van der Waals surface area contributed by atoms with Gasteiger partial charge in [-0.05, 0) is 36.4 Å². The lowest BCUT2D eigenvalue weighted by Crippen LogP contribution is -2.48. The Hall–Kier alpha value is -1.06. The van der Waals surface area contributed by atoms with Crippen molar-refractivity contribution >= 4 is 41.3 Å². The van der Waals surface area contributed by atoms with Crippen molar-refractivity contribution in [3.05, 3.63) is 46.5 Å². The Balaban J connectivity index is 0.00000261. The van der Waals surface area contributed by atoms with Gasteiger partial charge in [0.15, 0.2) is 5.96 Å². The summed E-state index contributed by atoms with van der Waals surface area (Å²) in [5.41, 5.74) is -0.0926. The number of hydrogen-bond acceptors (Lipinski definition) is 4. The first-order valence-electron chi connectivity index (χ1n) is 9.41. The number of rotatable bonds is 7. The third-order valence-corrected chi connectivity index (χ3v) is 6.02. The fourth-order valence-corrected chi connectivity index (χ4v) is 3.99. The van der Waals surface area contributed by atoms with Crippen molar-refractivity contribution in [2.24, 2.45) is 10.4 Å². The molecule has 1 fully saturated rings. The van der Waals surface area contributed by atoms with Gasteiger partial charge in [0.05, 0.1) is 18.9 Å². The summed E-state index contributed by atoms with van der Waals surface area (Å²) in [5.74, 6) is 1.76. The molecule has 2 heterocycles. The molecule has 3 N–H and O–H groups in total. The molecule has 5 nitrogen and oxygen atoms in total. The van der Waals surface area contributed by atoms with Crippen LogP contribution in [0.15, 0.2) is 45.3 Å². The first-order valence-corrected chi connectivity index (χ1v) is 10.3. The van der Waals surface area contributed by atoms with Crippen LogP contribution in [0.3, 0.4) is 0 Å². The molecule has 7 heteroatoms. The first kappa shape index (κ1) is 22.2. The van der Waals surface area contributed by atoms with Crippen LogP contribution < -0.4 is 10.6 Å². The average Bonchev–Trinajstić information content (AvgIpc) is 3.33. The van der Waals surface area contributed by atoms with E-state index in [0.717, 1.165) is 50.5 Å². The number of furan rings is 1. The zero-order chi connectivity index (χ0) is 18.2. The SMILES string of the molecule is CC1(CNC(=NCc2cccs2)NCCc2ccco2)CCCCC1O.I. The molecule has 0 amide bonds. The smallest absolute Gasteiger partial charge is 0.191 e. The molecule has 0 bridgehead atoms. The number of aliphatic imine (C=N–C) groups is 1. The van der Waals surface area contributed by atoms with Gasteiger partial charge in [-0.1, -0.05) is 25.8 Å². The maximum Gasteiger partial charge on any atom is 0.191 e. The van der Waals surface area contributed by atoms with E-state index in [2.05, 4.69) is 29.0 Å². The highest BCUT2D eigenvalue weighted by Gasteiger charge is 2.35. The summed E-state index contributed by atoms with van der Waals surface area (Å²) >= 11 is 1.71. The highest BCUT2D eigenvalue weighted by atomic mass is 127. The van der Waals surface area contributed by atoms with E-state index < -0.39 is 0 Å². The summed E-state index contributed by atoms with van der Waals surface area (Å²) in [6.45, 7) is 4.31. The van der Waals surface area contributed by atoms with Crippen molar-refractivity contribution in [1.82, 2.24) is 10.6 Å². The van der Waals surface area contributed by atoms with Gasteiger partial charge in [-0.15, -0.1) is 35.3 Å². The largest absolute Gasteiger partial charge is 0.469 e. The number of thiophene rings is 1. The fourth-order valence-electron chi connectivity index (χ4n) is 3.37. The number of guanidine groups is 1. The highest BCUT2D eigenvalue weighted by Crippen LogP contribution is 2.35. The van der Waals surface area contributed by atoms with Gasteiger partial charge in [0.2, 0.25) is 0 Å². The summed E-state index contributed by atoms with van der Waals surface area (Å²) in [7, 11) is 0. The second kappa shape index (κ2) is 11.1. The Kier molecular flexibility index (Phi) is 9.11. The van der Waals surface area contributed by atoms with Crippen LogP contribution in [-0.4, -0.2) is 30.3 Å². The maximum absolute atomic E-state index is 10.4. The fraction of sp³-hybridized carbons (Fsp3) is 0.550. The van der Waals surface area contributed by atoms with Crippen LogP contribution in [0.2, 0.25) is 0 Å². The second-order valence-electron chi connectivity index (χ2n) is 7.27. The summed E-state index contributed by atoms with van der Waals surface area (Å²) in [5, 5.41) is 19.3. The van der Waals surface area contributed by atoms with Gasteiger partial charge >= 0.3 is 0 Å². The number of nitrogens with zero attached hydrogens (tertiary/aromatic N) is 1. The molecule has 0 radical (unpaired) electrons. The van der Waals surface area contributed by atoms with Crippen LogP contribution in [0.4, 0.5) is 0 Å². The molecule has 0 aromatic carbocycles. The molecule has 27 heavy (non-hydrogen) atoms. The molecule has 150 valence electrons. The first-order chi connectivity index (χ1) is 12.7. The van der Waals surface area contributed by atoms with E-state index in [-0.39, 0.29) is 35.5 Å². The number of hydrogen-bond donors (Lipinski definition) is 3. The minimum atomic E-state index is -0.245. The van der Waals surface area contributed by atoms with E-state index in [4.69, 9.17) is 9.41 Å². The van der Waals surface area contributed by atoms with Gasteiger partial charge in [0, 0.05) is 29.8 Å². The topological polar surface area (TPSA) is 69.8 Å². The molecular formula is C20H30IN3O2S. The summed E-state index contributed by atoms with van der Waals surface area (Å²) in [6.07, 6.45) is 6.51. The number of halogens is 1. The van der Waals surface area contributed by atoms with Gasteiger partial charge in [0.25, 0.3) is 0 Å². The Morgan fingerprint density at radius 1 is 1.33 bits per heavy atom. The Morgan fingerprint density at radius 2 is 2.22 bits per heavy atom. The predicted molar refractivity (Wildman–Crippen MR) is 122 cm³/mol. The van der Waals surface area contributed by atoms with Crippen molar-refractivity contribution in [2.45, 2.75) is 51.7 Å². The molecule has 1 aliphatic rings. The lowest BCUT2D eigenvalue weighted by atomic mass is 9.73. The maximum atomic E-state index is 10.4. The summed E-state index contributed by atoms with van der Waals surface area (Å²) in [4.78, 5) is 5.96. The van der Waals surface area contributed by atoms with E-state index in [1.807, 2.05) is 18.2 Å². The molecule has 2 atom stereocenters. The molecule has 2 unspecified atom stereocenters. The van der Waals surface area contributed by atoms with Gasteiger partial charge in [-0.25, -0.2) is 4.99 Å². The molecule has 2 aromatic rings. The number of aliphatic hydroxyl groups is 1. The van der Waals surface area contributed by atoms with E-state index in [9.17, 15) is 5.11 Å². The van der Waals surface area contributed by atoms with Crippen molar-refractivity contribution in [3.63, 3.8) is 0 Å². The van der Waals surface area contributed by atoms with Crippen LogP contribution in [0.5, 0.6) is 0 Å². The number of aliphatic hydroxyl groups excluding tert-OH is 1. The molecule has 1 aliphatic carbocycles. The molecule has 0 spiro atoms. The normalized spacial score (nSPS) is 22.9. The predicted octanol–water partition coefficient (Wildman–Crippen LogP) is 4.18. The number of nitrogens with one attached hydrogen (secondary N) is 2. The van der Waals surface area contributed by atoms with Crippen LogP contribution in [-0.2, 0) is 13.0 Å². The average molecular weight is 503 g/mol. The van der Waals surface area contributed by atoms with Crippen LogP contribution in [0.25, 0.3) is 0 Å². The van der Waals surface area contributed by atoms with E-state index in [1.54, 1.807) is 17.6 Å². The third-order valence-electron chi connectivity index (χ3n) is 5.16. The van der Waals surface area contributed by atoms with Crippen molar-refractivity contribution in [3.8, 4) is 0 Å². The monoisotopic (exact) mass is 503 g/mol. The van der Waals surface area contributed by atoms with Gasteiger partial charge in [0.1, 0.15) is 5.76 Å². The summed E-state index contributed by atoms with van der Waals surface area (Å²) < 4.78 is 5.39. The van der Waals surface area contributed by atoms with E-state index >= 15 is 0 Å². The Morgan fingerprint density at radius 3 is 2.93 bits per heavy atom. The van der Waals surface area contributed by atoms with Crippen molar-refractivity contribution in [1.29, 1.82) is 0 Å². The third kappa shape index (κ3) is 6.80. The molecule has 0 saturated heterocycles. The lowest BCUT2D eigenvalue weighted by molar-refractivity contribution is 0.00397. The lowest BCUT2D eigenvalue weighted by Gasteiger charge is -2.38. The van der Waals surface area contributed by atoms with Crippen LogP contribution >= 0.6 is 35.3 Å². The second-order valence-corrected chi connectivity index (χ2v) is 8.30. The zero-order valence-electron chi connectivity index (χ0n) is 15.8. The van der Waals surface area contributed by atoms with Gasteiger partial charge in [-0.3, -0.25) is 0 Å². The van der Waals surface area contributed by atoms with Gasteiger partial charge in [-0.2, -0.15) is 0 Å². The van der Waals surface area contributed by atoms with Crippen molar-refractivity contribution in [2.75, 3.05) is 13.1 Å². The molecule has 1 saturated carbocycles. The minimum absolute atomic E-state index is 0. The van der Waals surface area contributed by atoms with Crippen LogP contribution in [0.1, 0.15) is 43.2 Å². The molecular weight excluding hydrogens is 473 g/mol. The molecule has 3 rings (SSSR count). The molecule has 2 aromatic heterocycles. The van der Waals surface area contributed by atoms with Crippen molar-refractivity contribution < 1.29 is 9.52 Å². The van der Waals surface area contributed by atoms with Gasteiger partial charge < -0.3 is 20.2 Å². The Labute approximate surface area is 182 Å². The zero-order valence-corrected chi connectivity index (χ0v) is 19.0. The quantitative estimate of drug-likeness (QED) is 0.301. The standard InChI is InChI=1S/C20H29N3O2S.HI/c1-20(10-3-2-8-18(20)24)15-23-19(22-14-17-7-5-13-26-17)21-11-9-16-6-4-12-25-16;/h4-7,12-13,18,24H,2-3,8-11,14-15H2,1H3,(H2,21,22,23);1H. The van der Waals surface area contributed by atoms with Crippen LogP contribution in [0, 0.1) is 5.41 Å².